The number of likely N-dealkylation sites (tertiary alicyclic amines) is 1. The fraction of sp³-hybridized carbons (Fsp3) is 0.556. The van der Waals surface area contributed by atoms with Crippen LogP contribution in [0.5, 0.6) is 0 Å². The Morgan fingerprint density at radius 3 is 2.54 bits per heavy atom. The SMILES string of the molecule is Nc1cccc2c1CCCN2C(=O)CSCC(=O)N1CCCCC1. The second-order valence-electron chi connectivity index (χ2n) is 6.43. The van der Waals surface area contributed by atoms with E-state index in [0.29, 0.717) is 11.5 Å². The Bertz CT molecular complexity index is 614. The highest BCUT2D eigenvalue weighted by Gasteiger charge is 2.24. The van der Waals surface area contributed by atoms with E-state index in [9.17, 15) is 9.59 Å². The third-order valence-electron chi connectivity index (χ3n) is 4.75. The van der Waals surface area contributed by atoms with Crippen molar-refractivity contribution >= 4 is 35.0 Å². The Morgan fingerprint density at radius 2 is 1.75 bits per heavy atom. The fourth-order valence-electron chi connectivity index (χ4n) is 3.45. The van der Waals surface area contributed by atoms with Crippen molar-refractivity contribution in [2.24, 2.45) is 0 Å². The van der Waals surface area contributed by atoms with E-state index in [1.165, 1.54) is 18.2 Å². The number of nitrogens with zero attached hydrogens (tertiary/aromatic N) is 2. The molecule has 0 aromatic heterocycles. The first kappa shape index (κ1) is 17.1. The third-order valence-corrected chi connectivity index (χ3v) is 5.65. The van der Waals surface area contributed by atoms with Crippen LogP contribution in [-0.2, 0) is 16.0 Å². The number of carbonyl (C=O) groups is 2. The predicted molar refractivity (Wildman–Crippen MR) is 99.3 cm³/mol. The van der Waals surface area contributed by atoms with Crippen LogP contribution < -0.4 is 10.6 Å². The molecule has 2 aliphatic heterocycles. The normalized spacial score (nSPS) is 17.5. The fourth-order valence-corrected chi connectivity index (χ4v) is 4.24. The van der Waals surface area contributed by atoms with Crippen molar-refractivity contribution < 1.29 is 9.59 Å². The van der Waals surface area contributed by atoms with Crippen molar-refractivity contribution in [1.82, 2.24) is 4.90 Å². The molecule has 0 radical (unpaired) electrons. The summed E-state index contributed by atoms with van der Waals surface area (Å²) in [5.41, 5.74) is 8.81. The molecule has 2 amide bonds. The summed E-state index contributed by atoms with van der Waals surface area (Å²) in [7, 11) is 0. The van der Waals surface area contributed by atoms with Gasteiger partial charge in [-0.15, -0.1) is 11.8 Å². The Balaban J connectivity index is 1.53. The van der Waals surface area contributed by atoms with E-state index < -0.39 is 0 Å². The molecule has 0 unspecified atom stereocenters. The second kappa shape index (κ2) is 7.92. The van der Waals surface area contributed by atoms with Crippen LogP contribution in [0.1, 0.15) is 31.2 Å². The van der Waals surface area contributed by atoms with Gasteiger partial charge < -0.3 is 15.5 Å². The van der Waals surface area contributed by atoms with Crippen LogP contribution in [0.4, 0.5) is 11.4 Å². The third kappa shape index (κ3) is 3.86. The van der Waals surface area contributed by atoms with E-state index in [-0.39, 0.29) is 11.8 Å². The van der Waals surface area contributed by atoms with E-state index in [4.69, 9.17) is 5.73 Å². The molecule has 1 aromatic rings. The van der Waals surface area contributed by atoms with Crippen LogP contribution in [0, 0.1) is 0 Å². The summed E-state index contributed by atoms with van der Waals surface area (Å²) in [6, 6.07) is 5.75. The molecule has 24 heavy (non-hydrogen) atoms. The molecule has 2 N–H and O–H groups in total. The van der Waals surface area contributed by atoms with Crippen LogP contribution in [0.25, 0.3) is 0 Å². The molecule has 0 saturated carbocycles. The zero-order valence-corrected chi connectivity index (χ0v) is 14.8. The maximum atomic E-state index is 12.6. The van der Waals surface area contributed by atoms with Gasteiger partial charge in [0, 0.05) is 31.0 Å². The number of hydrogen-bond donors (Lipinski definition) is 1. The van der Waals surface area contributed by atoms with Crippen LogP contribution in [0.2, 0.25) is 0 Å². The summed E-state index contributed by atoms with van der Waals surface area (Å²) in [5.74, 6) is 0.964. The molecule has 0 atom stereocenters. The smallest absolute Gasteiger partial charge is 0.236 e. The summed E-state index contributed by atoms with van der Waals surface area (Å²) in [4.78, 5) is 28.5. The lowest BCUT2D eigenvalue weighted by Gasteiger charge is -2.30. The number of carbonyl (C=O) groups excluding carboxylic acids is 2. The van der Waals surface area contributed by atoms with E-state index in [1.54, 1.807) is 0 Å². The number of fused-ring (bicyclic) bond motifs is 1. The van der Waals surface area contributed by atoms with Gasteiger partial charge in [0.05, 0.1) is 11.5 Å². The number of benzene rings is 1. The van der Waals surface area contributed by atoms with Gasteiger partial charge in [-0.1, -0.05) is 6.07 Å². The van der Waals surface area contributed by atoms with Crippen molar-refractivity contribution in [3.8, 4) is 0 Å². The molecule has 2 aliphatic rings. The quantitative estimate of drug-likeness (QED) is 0.849. The van der Waals surface area contributed by atoms with Crippen LogP contribution in [-0.4, -0.2) is 47.9 Å². The van der Waals surface area contributed by atoms with Gasteiger partial charge in [-0.25, -0.2) is 0 Å². The minimum absolute atomic E-state index is 0.0676. The van der Waals surface area contributed by atoms with Gasteiger partial charge in [-0.05, 0) is 49.8 Å². The lowest BCUT2D eigenvalue weighted by atomic mass is 10.00. The van der Waals surface area contributed by atoms with Gasteiger partial charge in [0.1, 0.15) is 0 Å². The van der Waals surface area contributed by atoms with Crippen LogP contribution >= 0.6 is 11.8 Å². The van der Waals surface area contributed by atoms with Crippen molar-refractivity contribution in [1.29, 1.82) is 0 Å². The van der Waals surface area contributed by atoms with Gasteiger partial charge in [0.2, 0.25) is 11.8 Å². The second-order valence-corrected chi connectivity index (χ2v) is 7.41. The van der Waals surface area contributed by atoms with Crippen LogP contribution in [0.15, 0.2) is 18.2 Å². The van der Waals surface area contributed by atoms with Crippen molar-refractivity contribution in [2.75, 3.05) is 41.8 Å². The number of piperidine rings is 1. The minimum atomic E-state index is 0.0676. The first-order valence-electron chi connectivity index (χ1n) is 8.70. The first-order valence-corrected chi connectivity index (χ1v) is 9.85. The lowest BCUT2D eigenvalue weighted by molar-refractivity contribution is -0.129. The van der Waals surface area contributed by atoms with Gasteiger partial charge in [0.25, 0.3) is 0 Å². The summed E-state index contributed by atoms with van der Waals surface area (Å²) < 4.78 is 0. The number of nitrogen functional groups attached to an aromatic ring is 1. The molecule has 1 fully saturated rings. The number of rotatable bonds is 4. The summed E-state index contributed by atoms with van der Waals surface area (Å²) in [6.07, 6.45) is 5.27. The highest BCUT2D eigenvalue weighted by Crippen LogP contribution is 2.31. The number of hydrogen-bond acceptors (Lipinski definition) is 4. The highest BCUT2D eigenvalue weighted by molar-refractivity contribution is 8.00. The van der Waals surface area contributed by atoms with E-state index in [1.807, 2.05) is 28.0 Å². The number of nitrogens with two attached hydrogens (primary N) is 1. The average molecular weight is 347 g/mol. The van der Waals surface area contributed by atoms with Crippen molar-refractivity contribution in [2.45, 2.75) is 32.1 Å². The molecule has 0 aliphatic carbocycles. The molecule has 130 valence electrons. The van der Waals surface area contributed by atoms with Gasteiger partial charge in [-0.2, -0.15) is 0 Å². The summed E-state index contributed by atoms with van der Waals surface area (Å²) in [5, 5.41) is 0. The average Bonchev–Trinajstić information content (AvgIpc) is 2.62. The predicted octanol–water partition coefficient (Wildman–Crippen LogP) is 2.29. The molecule has 5 nitrogen and oxygen atoms in total. The van der Waals surface area contributed by atoms with E-state index in [2.05, 4.69) is 0 Å². The zero-order valence-electron chi connectivity index (χ0n) is 14.0. The molecule has 1 saturated heterocycles. The Morgan fingerprint density at radius 1 is 1.00 bits per heavy atom. The minimum Gasteiger partial charge on any atom is -0.398 e. The molecule has 0 bridgehead atoms. The van der Waals surface area contributed by atoms with E-state index >= 15 is 0 Å². The van der Waals surface area contributed by atoms with Gasteiger partial charge >= 0.3 is 0 Å². The largest absolute Gasteiger partial charge is 0.398 e. The van der Waals surface area contributed by atoms with Crippen molar-refractivity contribution in [3.05, 3.63) is 23.8 Å². The van der Waals surface area contributed by atoms with E-state index in [0.717, 1.165) is 62.3 Å². The van der Waals surface area contributed by atoms with Crippen molar-refractivity contribution in [3.63, 3.8) is 0 Å². The van der Waals surface area contributed by atoms with Crippen LogP contribution in [0.3, 0.4) is 0 Å². The summed E-state index contributed by atoms with van der Waals surface area (Å²) in [6.45, 7) is 2.47. The molecule has 3 rings (SSSR count). The monoisotopic (exact) mass is 347 g/mol. The Kier molecular flexibility index (Phi) is 5.66. The standard InChI is InChI=1S/C18H25N3O2S/c19-15-7-4-8-16-14(15)6-5-11-21(16)18(23)13-24-12-17(22)20-9-2-1-3-10-20/h4,7-8H,1-3,5-6,9-13,19H2. The maximum Gasteiger partial charge on any atom is 0.236 e. The summed E-state index contributed by atoms with van der Waals surface area (Å²) >= 11 is 1.42. The highest BCUT2D eigenvalue weighted by atomic mass is 32.2. The maximum absolute atomic E-state index is 12.6. The molecule has 6 heteroatoms. The molecule has 0 spiro atoms. The Labute approximate surface area is 147 Å². The zero-order chi connectivity index (χ0) is 16.9. The molecule has 1 aromatic carbocycles. The lowest BCUT2D eigenvalue weighted by Crippen LogP contribution is -2.38. The number of anilines is 2. The van der Waals surface area contributed by atoms with Gasteiger partial charge in [0.15, 0.2) is 0 Å². The topological polar surface area (TPSA) is 66.6 Å². The first-order chi connectivity index (χ1) is 11.7. The number of thioether (sulfide) groups is 1. The molecular weight excluding hydrogens is 322 g/mol. The molecular formula is C18H25N3O2S. The molecule has 2 heterocycles. The number of amides is 2. The van der Waals surface area contributed by atoms with Gasteiger partial charge in [-0.3, -0.25) is 9.59 Å². The Hall–Kier alpha value is -1.69.